The minimum atomic E-state index is -0.104. The van der Waals surface area contributed by atoms with Gasteiger partial charge in [-0.25, -0.2) is 0 Å². The van der Waals surface area contributed by atoms with Crippen molar-refractivity contribution in [3.05, 3.63) is 198 Å². The number of hydrogen-bond acceptors (Lipinski definition) is 2. The number of rotatable bonds is 6. The summed E-state index contributed by atoms with van der Waals surface area (Å²) >= 11 is 0. The average molecular weight is 708 g/mol. The molecule has 2 nitrogen and oxygen atoms in total. The van der Waals surface area contributed by atoms with Crippen LogP contribution >= 0.6 is 0 Å². The number of aryl methyl sites for hydroxylation is 2. The van der Waals surface area contributed by atoms with Crippen molar-refractivity contribution in [2.24, 2.45) is 0 Å². The average Bonchev–Trinajstić information content (AvgIpc) is 3.71. The third-order valence-electron chi connectivity index (χ3n) is 11.8. The van der Waals surface area contributed by atoms with E-state index in [1.807, 2.05) is 12.1 Å². The van der Waals surface area contributed by atoms with Gasteiger partial charge in [0.15, 0.2) is 0 Å². The van der Waals surface area contributed by atoms with E-state index in [0.717, 1.165) is 50.1 Å². The Balaban J connectivity index is 1.07. The monoisotopic (exact) mass is 707 g/mol. The lowest BCUT2D eigenvalue weighted by Crippen LogP contribution is -2.16. The van der Waals surface area contributed by atoms with Gasteiger partial charge >= 0.3 is 0 Å². The van der Waals surface area contributed by atoms with Crippen LogP contribution in [0.15, 0.2) is 180 Å². The van der Waals surface area contributed by atoms with Crippen molar-refractivity contribution in [3.8, 4) is 44.5 Å². The second-order valence-corrected chi connectivity index (χ2v) is 15.5. The van der Waals surface area contributed by atoms with Crippen molar-refractivity contribution in [3.63, 3.8) is 0 Å². The maximum atomic E-state index is 6.43. The van der Waals surface area contributed by atoms with Crippen molar-refractivity contribution >= 4 is 39.0 Å². The van der Waals surface area contributed by atoms with E-state index in [-0.39, 0.29) is 5.41 Å². The van der Waals surface area contributed by atoms with Crippen LogP contribution in [0.1, 0.15) is 36.1 Å². The van der Waals surface area contributed by atoms with Crippen LogP contribution in [0, 0.1) is 13.8 Å². The molecule has 0 saturated heterocycles. The number of nitrogens with zero attached hydrogens (tertiary/aromatic N) is 1. The molecule has 1 aliphatic rings. The Kier molecular flexibility index (Phi) is 7.64. The summed E-state index contributed by atoms with van der Waals surface area (Å²) in [5, 5.41) is 2.28. The van der Waals surface area contributed by atoms with E-state index in [9.17, 15) is 0 Å². The molecule has 8 aromatic carbocycles. The first-order valence-electron chi connectivity index (χ1n) is 19.2. The molecule has 1 aliphatic carbocycles. The molecule has 0 aliphatic heterocycles. The Morgan fingerprint density at radius 3 is 1.76 bits per heavy atom. The molecule has 0 saturated carbocycles. The SMILES string of the molecule is Cc1ccccc1-c1cc(-c2ccc(N(c3ccc(-c4cccc5c4oc4ccccc45)cc3)c3ccc4c(c3)C(C)(C)c3ccccc3-4)cc2)ccc1C. The molecule has 0 bridgehead atoms. The van der Waals surface area contributed by atoms with E-state index in [4.69, 9.17) is 4.42 Å². The summed E-state index contributed by atoms with van der Waals surface area (Å²) in [4.78, 5) is 2.39. The van der Waals surface area contributed by atoms with Gasteiger partial charge in [0.2, 0.25) is 0 Å². The van der Waals surface area contributed by atoms with Crippen molar-refractivity contribution in [1.82, 2.24) is 0 Å². The smallest absolute Gasteiger partial charge is 0.143 e. The van der Waals surface area contributed by atoms with Crippen molar-refractivity contribution in [1.29, 1.82) is 0 Å². The zero-order valence-corrected chi connectivity index (χ0v) is 31.6. The van der Waals surface area contributed by atoms with E-state index in [1.54, 1.807) is 0 Å². The highest BCUT2D eigenvalue weighted by atomic mass is 16.3. The molecule has 264 valence electrons. The Morgan fingerprint density at radius 2 is 0.982 bits per heavy atom. The normalized spacial score (nSPS) is 12.9. The van der Waals surface area contributed by atoms with Crippen LogP contribution in [0.4, 0.5) is 17.1 Å². The summed E-state index contributed by atoms with van der Waals surface area (Å²) in [6, 6.07) is 64.0. The molecule has 0 atom stereocenters. The quantitative estimate of drug-likeness (QED) is 0.171. The Bertz CT molecular complexity index is 2910. The van der Waals surface area contributed by atoms with Crippen LogP contribution in [-0.4, -0.2) is 0 Å². The topological polar surface area (TPSA) is 16.4 Å². The molecule has 9 aromatic rings. The number of furan rings is 1. The number of fused-ring (bicyclic) bond motifs is 6. The molecule has 10 rings (SSSR count). The van der Waals surface area contributed by atoms with E-state index in [1.165, 1.54) is 55.6 Å². The molecule has 0 spiro atoms. The summed E-state index contributed by atoms with van der Waals surface area (Å²) < 4.78 is 6.43. The standard InChI is InChI=1S/C53H41NO/c1-34-12-5-6-13-42(34)48-32-38(21-20-35(48)2)36-22-26-39(27-23-36)54(41-30-31-45-44-14-7-9-18-49(44)53(3,4)50(45)33-41)40-28-24-37(25-29-40)43-16-11-17-47-46-15-8-10-19-51(46)55-52(43)47/h5-33H,1-4H3. The van der Waals surface area contributed by atoms with Gasteiger partial charge in [-0.3, -0.25) is 0 Å². The summed E-state index contributed by atoms with van der Waals surface area (Å²) in [6.07, 6.45) is 0. The van der Waals surface area contributed by atoms with Crippen LogP contribution in [-0.2, 0) is 5.41 Å². The minimum Gasteiger partial charge on any atom is -0.455 e. The molecule has 2 heteroatoms. The van der Waals surface area contributed by atoms with Gasteiger partial charge in [-0.2, -0.15) is 0 Å². The van der Waals surface area contributed by atoms with Crippen molar-refractivity contribution < 1.29 is 4.42 Å². The maximum absolute atomic E-state index is 6.43. The molecular weight excluding hydrogens is 667 g/mol. The summed E-state index contributed by atoms with van der Waals surface area (Å²) in [5.74, 6) is 0. The minimum absolute atomic E-state index is 0.104. The summed E-state index contributed by atoms with van der Waals surface area (Å²) in [6.45, 7) is 9.09. The fourth-order valence-corrected chi connectivity index (χ4v) is 8.81. The molecule has 0 unspecified atom stereocenters. The van der Waals surface area contributed by atoms with Crippen LogP contribution in [0.2, 0.25) is 0 Å². The van der Waals surface area contributed by atoms with Gasteiger partial charge in [-0.15, -0.1) is 0 Å². The van der Waals surface area contributed by atoms with Gasteiger partial charge in [-0.05, 0) is 124 Å². The Labute approximate surface area is 323 Å². The largest absolute Gasteiger partial charge is 0.455 e. The summed E-state index contributed by atoms with van der Waals surface area (Å²) in [5.41, 5.74) is 20.2. The number of para-hydroxylation sites is 2. The van der Waals surface area contributed by atoms with Gasteiger partial charge in [-0.1, -0.05) is 141 Å². The van der Waals surface area contributed by atoms with Crippen molar-refractivity contribution in [2.75, 3.05) is 4.90 Å². The predicted octanol–water partition coefficient (Wildman–Crippen LogP) is 15.0. The Morgan fingerprint density at radius 1 is 0.400 bits per heavy atom. The van der Waals surface area contributed by atoms with E-state index in [2.05, 4.69) is 196 Å². The van der Waals surface area contributed by atoms with Crippen molar-refractivity contribution in [2.45, 2.75) is 33.1 Å². The van der Waals surface area contributed by atoms with Crippen LogP contribution < -0.4 is 4.90 Å². The third-order valence-corrected chi connectivity index (χ3v) is 11.8. The highest BCUT2D eigenvalue weighted by Gasteiger charge is 2.35. The third kappa shape index (κ3) is 5.40. The van der Waals surface area contributed by atoms with Crippen LogP contribution in [0.25, 0.3) is 66.4 Å². The molecule has 0 amide bonds. The van der Waals surface area contributed by atoms with Gasteiger partial charge in [0.25, 0.3) is 0 Å². The first kappa shape index (κ1) is 33.0. The van der Waals surface area contributed by atoms with Gasteiger partial charge < -0.3 is 9.32 Å². The Hall–Kier alpha value is -6.64. The molecule has 1 heterocycles. The lowest BCUT2D eigenvalue weighted by Gasteiger charge is -2.28. The number of benzene rings is 8. The van der Waals surface area contributed by atoms with Gasteiger partial charge in [0.1, 0.15) is 11.2 Å². The maximum Gasteiger partial charge on any atom is 0.143 e. The fraction of sp³-hybridized carbons (Fsp3) is 0.0943. The second kappa shape index (κ2) is 12.7. The van der Waals surface area contributed by atoms with Crippen LogP contribution in [0.3, 0.4) is 0 Å². The number of hydrogen-bond donors (Lipinski definition) is 0. The van der Waals surface area contributed by atoms with Gasteiger partial charge in [0, 0.05) is 38.8 Å². The zero-order valence-electron chi connectivity index (χ0n) is 31.6. The zero-order chi connectivity index (χ0) is 37.3. The van der Waals surface area contributed by atoms with E-state index >= 15 is 0 Å². The molecule has 1 aromatic heterocycles. The van der Waals surface area contributed by atoms with Gasteiger partial charge in [0.05, 0.1) is 0 Å². The fourth-order valence-electron chi connectivity index (χ4n) is 8.81. The molecule has 55 heavy (non-hydrogen) atoms. The molecule has 0 radical (unpaired) electrons. The highest BCUT2D eigenvalue weighted by Crippen LogP contribution is 2.51. The predicted molar refractivity (Wildman–Crippen MR) is 232 cm³/mol. The molecule has 0 N–H and O–H groups in total. The first-order chi connectivity index (χ1) is 26.8. The molecular formula is C53H41NO. The lowest BCUT2D eigenvalue weighted by atomic mass is 9.82. The molecule has 0 fully saturated rings. The lowest BCUT2D eigenvalue weighted by molar-refractivity contribution is 0.660. The van der Waals surface area contributed by atoms with E-state index < -0.39 is 0 Å². The van der Waals surface area contributed by atoms with E-state index in [0.29, 0.717) is 0 Å². The second-order valence-electron chi connectivity index (χ2n) is 15.5. The summed E-state index contributed by atoms with van der Waals surface area (Å²) in [7, 11) is 0. The highest BCUT2D eigenvalue weighted by molar-refractivity contribution is 6.09. The van der Waals surface area contributed by atoms with Crippen LogP contribution in [0.5, 0.6) is 0 Å². The number of anilines is 3. The first-order valence-corrected chi connectivity index (χ1v) is 19.2.